The van der Waals surface area contributed by atoms with Crippen molar-refractivity contribution in [3.05, 3.63) is 88.9 Å². The fraction of sp³-hybridized carbons (Fsp3) is 0.200. The molecule has 1 heterocycles. The number of anilines is 1. The van der Waals surface area contributed by atoms with Gasteiger partial charge in [0.2, 0.25) is 5.91 Å². The molecule has 4 rings (SSSR count). The first-order chi connectivity index (χ1) is 15.0. The standard InChI is InChI=1S/C25H23ClN2OS2/c1-17(2)30-21-11-8-18(9-12-21)14-24(29)28(16-19-6-4-3-5-7-19)25-27-22-13-10-20(26)15-23(22)31-25/h3-13,15,17H,14,16H2,1-2H3. The van der Waals surface area contributed by atoms with Crippen molar-refractivity contribution >= 4 is 56.0 Å². The van der Waals surface area contributed by atoms with Gasteiger partial charge in [0, 0.05) is 15.2 Å². The molecule has 0 aliphatic carbocycles. The molecule has 0 atom stereocenters. The maximum Gasteiger partial charge on any atom is 0.233 e. The number of hydrogen-bond donors (Lipinski definition) is 0. The third-order valence-electron chi connectivity index (χ3n) is 4.71. The molecule has 3 nitrogen and oxygen atoms in total. The molecule has 4 aromatic rings. The molecule has 0 spiro atoms. The van der Waals surface area contributed by atoms with Crippen LogP contribution < -0.4 is 4.90 Å². The molecule has 6 heteroatoms. The van der Waals surface area contributed by atoms with Crippen LogP contribution in [0, 0.1) is 0 Å². The Balaban J connectivity index is 1.60. The first-order valence-corrected chi connectivity index (χ1v) is 12.2. The summed E-state index contributed by atoms with van der Waals surface area (Å²) in [5.41, 5.74) is 2.92. The van der Waals surface area contributed by atoms with Crippen LogP contribution in [0.5, 0.6) is 0 Å². The van der Waals surface area contributed by atoms with E-state index in [1.807, 2.05) is 72.4 Å². The molecule has 1 aromatic heterocycles. The summed E-state index contributed by atoms with van der Waals surface area (Å²) < 4.78 is 0.975. The molecule has 0 unspecified atom stereocenters. The van der Waals surface area contributed by atoms with Crippen LogP contribution in [0.15, 0.2) is 77.7 Å². The van der Waals surface area contributed by atoms with E-state index in [0.717, 1.165) is 21.3 Å². The summed E-state index contributed by atoms with van der Waals surface area (Å²) in [6.07, 6.45) is 0.330. The van der Waals surface area contributed by atoms with Crippen LogP contribution in [0.25, 0.3) is 10.2 Å². The number of rotatable bonds is 7. The minimum Gasteiger partial charge on any atom is -0.283 e. The van der Waals surface area contributed by atoms with Gasteiger partial charge in [0.15, 0.2) is 5.13 Å². The topological polar surface area (TPSA) is 33.2 Å². The number of halogens is 1. The maximum absolute atomic E-state index is 13.4. The van der Waals surface area contributed by atoms with Gasteiger partial charge in [-0.3, -0.25) is 9.69 Å². The summed E-state index contributed by atoms with van der Waals surface area (Å²) in [4.78, 5) is 21.1. The van der Waals surface area contributed by atoms with Crippen LogP contribution >= 0.6 is 34.7 Å². The van der Waals surface area contributed by atoms with Crippen LogP contribution in [0.3, 0.4) is 0 Å². The largest absolute Gasteiger partial charge is 0.283 e. The highest BCUT2D eigenvalue weighted by molar-refractivity contribution is 7.99. The fourth-order valence-electron chi connectivity index (χ4n) is 3.26. The van der Waals surface area contributed by atoms with Crippen molar-refractivity contribution in [2.24, 2.45) is 0 Å². The van der Waals surface area contributed by atoms with Crippen molar-refractivity contribution in [1.82, 2.24) is 4.98 Å². The van der Waals surface area contributed by atoms with Gasteiger partial charge < -0.3 is 0 Å². The van der Waals surface area contributed by atoms with E-state index in [9.17, 15) is 4.79 Å². The first kappa shape index (κ1) is 21.9. The summed E-state index contributed by atoms with van der Waals surface area (Å²) in [7, 11) is 0. The van der Waals surface area contributed by atoms with Crippen LogP contribution in [-0.2, 0) is 17.8 Å². The van der Waals surface area contributed by atoms with E-state index in [-0.39, 0.29) is 5.91 Å². The molecular weight excluding hydrogens is 444 g/mol. The van der Waals surface area contributed by atoms with Gasteiger partial charge in [0.1, 0.15) is 0 Å². The first-order valence-electron chi connectivity index (χ1n) is 10.1. The highest BCUT2D eigenvalue weighted by Gasteiger charge is 2.21. The normalized spacial score (nSPS) is 11.2. The van der Waals surface area contributed by atoms with Gasteiger partial charge in [-0.1, -0.05) is 79.2 Å². The number of aromatic nitrogens is 1. The number of benzene rings is 3. The van der Waals surface area contributed by atoms with Crippen LogP contribution in [0.4, 0.5) is 5.13 Å². The Hall–Kier alpha value is -2.34. The van der Waals surface area contributed by atoms with Crippen molar-refractivity contribution in [1.29, 1.82) is 0 Å². The lowest BCUT2D eigenvalue weighted by atomic mass is 10.1. The Morgan fingerprint density at radius 1 is 1.03 bits per heavy atom. The highest BCUT2D eigenvalue weighted by atomic mass is 35.5. The quantitative estimate of drug-likeness (QED) is 0.269. The van der Waals surface area contributed by atoms with Gasteiger partial charge >= 0.3 is 0 Å². The van der Waals surface area contributed by atoms with E-state index in [4.69, 9.17) is 16.6 Å². The summed E-state index contributed by atoms with van der Waals surface area (Å²) in [5, 5.41) is 1.89. The van der Waals surface area contributed by atoms with Gasteiger partial charge in [0.05, 0.1) is 23.2 Å². The zero-order valence-electron chi connectivity index (χ0n) is 17.4. The third-order valence-corrected chi connectivity index (χ3v) is 7.00. The number of amides is 1. The molecule has 3 aromatic carbocycles. The Bertz CT molecular complexity index is 1170. The smallest absolute Gasteiger partial charge is 0.233 e. The van der Waals surface area contributed by atoms with E-state index < -0.39 is 0 Å². The van der Waals surface area contributed by atoms with Crippen molar-refractivity contribution in [3.8, 4) is 0 Å². The predicted molar refractivity (Wildman–Crippen MR) is 133 cm³/mol. The molecule has 0 saturated heterocycles. The van der Waals surface area contributed by atoms with Gasteiger partial charge in [-0.25, -0.2) is 4.98 Å². The average molecular weight is 467 g/mol. The number of carbonyl (C=O) groups is 1. The molecule has 158 valence electrons. The van der Waals surface area contributed by atoms with Crippen molar-refractivity contribution in [2.45, 2.75) is 37.0 Å². The zero-order chi connectivity index (χ0) is 21.8. The molecule has 31 heavy (non-hydrogen) atoms. The lowest BCUT2D eigenvalue weighted by Crippen LogP contribution is -2.31. The SMILES string of the molecule is CC(C)Sc1ccc(CC(=O)N(Cc2ccccc2)c2nc3ccc(Cl)cc3s2)cc1. The molecule has 0 N–H and O–H groups in total. The van der Waals surface area contributed by atoms with Crippen molar-refractivity contribution < 1.29 is 4.79 Å². The molecular formula is C25H23ClN2OS2. The van der Waals surface area contributed by atoms with Crippen LogP contribution in [0.1, 0.15) is 25.0 Å². The van der Waals surface area contributed by atoms with Gasteiger partial charge in [-0.15, -0.1) is 11.8 Å². The molecule has 0 aliphatic heterocycles. The van der Waals surface area contributed by atoms with Crippen LogP contribution in [0.2, 0.25) is 5.02 Å². The lowest BCUT2D eigenvalue weighted by molar-refractivity contribution is -0.118. The van der Waals surface area contributed by atoms with Gasteiger partial charge in [-0.05, 0) is 41.5 Å². The highest BCUT2D eigenvalue weighted by Crippen LogP contribution is 2.32. The number of fused-ring (bicyclic) bond motifs is 1. The molecule has 0 aliphatic rings. The summed E-state index contributed by atoms with van der Waals surface area (Å²) >= 11 is 9.46. The summed E-state index contributed by atoms with van der Waals surface area (Å²) in [6, 6.07) is 23.9. The summed E-state index contributed by atoms with van der Waals surface area (Å²) in [5.74, 6) is 0.0262. The second kappa shape index (κ2) is 9.86. The van der Waals surface area contributed by atoms with E-state index >= 15 is 0 Å². The van der Waals surface area contributed by atoms with Gasteiger partial charge in [0.25, 0.3) is 0 Å². The number of nitrogens with zero attached hydrogens (tertiary/aromatic N) is 2. The second-order valence-electron chi connectivity index (χ2n) is 7.56. The van der Waals surface area contributed by atoms with E-state index in [0.29, 0.717) is 28.4 Å². The number of hydrogen-bond acceptors (Lipinski definition) is 4. The van der Waals surface area contributed by atoms with Crippen molar-refractivity contribution in [2.75, 3.05) is 4.90 Å². The summed E-state index contributed by atoms with van der Waals surface area (Å²) in [6.45, 7) is 4.83. The lowest BCUT2D eigenvalue weighted by Gasteiger charge is -2.20. The number of thioether (sulfide) groups is 1. The van der Waals surface area contributed by atoms with E-state index in [1.54, 1.807) is 4.90 Å². The molecule has 0 saturated carbocycles. The zero-order valence-corrected chi connectivity index (χ0v) is 19.8. The molecule has 1 amide bonds. The maximum atomic E-state index is 13.4. The third kappa shape index (κ3) is 5.67. The predicted octanol–water partition coefficient (Wildman–Crippen LogP) is 7.23. The van der Waals surface area contributed by atoms with E-state index in [2.05, 4.69) is 26.0 Å². The van der Waals surface area contributed by atoms with E-state index in [1.165, 1.54) is 16.2 Å². The second-order valence-corrected chi connectivity index (χ2v) is 10.7. The molecule has 0 fully saturated rings. The minimum absolute atomic E-state index is 0.0262. The van der Waals surface area contributed by atoms with Crippen LogP contribution in [-0.4, -0.2) is 16.1 Å². The Morgan fingerprint density at radius 3 is 2.48 bits per heavy atom. The Morgan fingerprint density at radius 2 is 1.77 bits per heavy atom. The average Bonchev–Trinajstić information content (AvgIpc) is 3.16. The monoisotopic (exact) mass is 466 g/mol. The Labute approximate surface area is 196 Å². The Kier molecular flexibility index (Phi) is 6.96. The number of thiazole rings is 1. The minimum atomic E-state index is 0.0262. The molecule has 0 bridgehead atoms. The fourth-order valence-corrected chi connectivity index (χ4v) is 5.35. The molecule has 0 radical (unpaired) electrons. The number of carbonyl (C=O) groups excluding carboxylic acids is 1. The van der Waals surface area contributed by atoms with Gasteiger partial charge in [-0.2, -0.15) is 0 Å². The van der Waals surface area contributed by atoms with Crippen molar-refractivity contribution in [3.63, 3.8) is 0 Å².